The van der Waals surface area contributed by atoms with E-state index >= 15 is 0 Å². The van der Waals surface area contributed by atoms with Gasteiger partial charge in [0.1, 0.15) is 0 Å². The second-order valence-corrected chi connectivity index (χ2v) is 6.26. The van der Waals surface area contributed by atoms with Gasteiger partial charge in [-0.25, -0.2) is 0 Å². The van der Waals surface area contributed by atoms with E-state index in [-0.39, 0.29) is 29.7 Å². The van der Waals surface area contributed by atoms with Gasteiger partial charge in [-0.2, -0.15) is 0 Å². The van der Waals surface area contributed by atoms with Crippen LogP contribution in [0.2, 0.25) is 0 Å². The van der Waals surface area contributed by atoms with Crippen molar-refractivity contribution in [3.05, 3.63) is 39.9 Å². The van der Waals surface area contributed by atoms with Gasteiger partial charge in [-0.1, -0.05) is 31.4 Å². The third-order valence-electron chi connectivity index (χ3n) is 4.35. The van der Waals surface area contributed by atoms with Crippen molar-refractivity contribution in [2.75, 3.05) is 20.2 Å². The minimum absolute atomic E-state index is 0. The Morgan fingerprint density at radius 1 is 1.23 bits per heavy atom. The summed E-state index contributed by atoms with van der Waals surface area (Å²) in [5.74, 6) is 0.719. The van der Waals surface area contributed by atoms with Crippen LogP contribution in [0.25, 0.3) is 0 Å². The molecule has 1 aliphatic carbocycles. The maximum Gasteiger partial charge on any atom is 0.269 e. The van der Waals surface area contributed by atoms with Gasteiger partial charge >= 0.3 is 0 Å². The van der Waals surface area contributed by atoms with E-state index in [2.05, 4.69) is 15.6 Å². The molecule has 0 bridgehead atoms. The highest BCUT2D eigenvalue weighted by Crippen LogP contribution is 2.20. The average molecular weight is 476 g/mol. The number of ether oxygens (including phenoxy) is 1. The van der Waals surface area contributed by atoms with E-state index in [1.165, 1.54) is 44.2 Å². The molecule has 7 nitrogen and oxygen atoms in total. The van der Waals surface area contributed by atoms with Crippen molar-refractivity contribution in [2.45, 2.75) is 51.2 Å². The molecule has 0 aromatic heterocycles. The zero-order chi connectivity index (χ0) is 17.9. The first-order valence-corrected chi connectivity index (χ1v) is 8.98. The van der Waals surface area contributed by atoms with Crippen LogP contribution in [0.4, 0.5) is 5.69 Å². The fraction of sp³-hybridized carbons (Fsp3) is 0.611. The predicted molar refractivity (Wildman–Crippen MR) is 114 cm³/mol. The highest BCUT2D eigenvalue weighted by Gasteiger charge is 2.13. The van der Waals surface area contributed by atoms with Crippen molar-refractivity contribution in [3.8, 4) is 0 Å². The van der Waals surface area contributed by atoms with Crippen LogP contribution in [0.3, 0.4) is 0 Å². The highest BCUT2D eigenvalue weighted by molar-refractivity contribution is 14.0. The van der Waals surface area contributed by atoms with E-state index in [0.717, 1.165) is 31.1 Å². The molecule has 1 aromatic rings. The summed E-state index contributed by atoms with van der Waals surface area (Å²) in [6.45, 7) is 2.14. The standard InChI is InChI=1S/C18H28N4O3.HI/c1-19-18(20-12-5-13-25-17-6-3-2-4-7-17)21-14-15-8-10-16(11-9-15)22(23)24;/h8-11,17H,2-7,12-14H2,1H3,(H2,19,20,21);1H. The SMILES string of the molecule is CN=C(NCCCOC1CCCCC1)NCc1ccc([N+](=O)[O-])cc1.I. The van der Waals surface area contributed by atoms with Crippen molar-refractivity contribution in [2.24, 2.45) is 4.99 Å². The number of non-ortho nitro benzene ring substituents is 1. The molecule has 0 amide bonds. The molecule has 1 fully saturated rings. The topological polar surface area (TPSA) is 88.8 Å². The first kappa shape index (κ1) is 22.6. The number of nitro groups is 1. The van der Waals surface area contributed by atoms with Crippen molar-refractivity contribution >= 4 is 35.6 Å². The number of halogens is 1. The van der Waals surface area contributed by atoms with Crippen LogP contribution < -0.4 is 10.6 Å². The van der Waals surface area contributed by atoms with E-state index in [4.69, 9.17) is 4.74 Å². The summed E-state index contributed by atoms with van der Waals surface area (Å²) in [5, 5.41) is 17.1. The summed E-state index contributed by atoms with van der Waals surface area (Å²) in [5.41, 5.74) is 1.07. The lowest BCUT2D eigenvalue weighted by molar-refractivity contribution is -0.384. The number of hydrogen-bond acceptors (Lipinski definition) is 4. The summed E-state index contributed by atoms with van der Waals surface area (Å²) < 4.78 is 5.90. The minimum Gasteiger partial charge on any atom is -0.378 e. The van der Waals surface area contributed by atoms with Gasteiger partial charge in [-0.15, -0.1) is 24.0 Å². The third kappa shape index (κ3) is 8.31. The number of nitrogens with zero attached hydrogens (tertiary/aromatic N) is 2. The Morgan fingerprint density at radius 2 is 1.92 bits per heavy atom. The van der Waals surface area contributed by atoms with Crippen LogP contribution in [0.1, 0.15) is 44.1 Å². The van der Waals surface area contributed by atoms with Gasteiger partial charge in [0, 0.05) is 38.9 Å². The van der Waals surface area contributed by atoms with Crippen LogP contribution in [-0.2, 0) is 11.3 Å². The molecule has 1 aliphatic rings. The maximum absolute atomic E-state index is 10.6. The van der Waals surface area contributed by atoms with E-state index in [1.54, 1.807) is 19.2 Å². The quantitative estimate of drug-likeness (QED) is 0.150. The van der Waals surface area contributed by atoms with Crippen LogP contribution in [0.5, 0.6) is 0 Å². The Bertz CT molecular complexity index is 560. The number of guanidine groups is 1. The molecule has 0 spiro atoms. The number of nitrogens with one attached hydrogen (secondary N) is 2. The smallest absolute Gasteiger partial charge is 0.269 e. The molecule has 146 valence electrons. The first-order chi connectivity index (χ1) is 12.2. The Labute approximate surface area is 172 Å². The summed E-state index contributed by atoms with van der Waals surface area (Å²) in [6.07, 6.45) is 7.72. The Kier molecular flexibility index (Phi) is 11.2. The zero-order valence-electron chi connectivity index (χ0n) is 15.3. The summed E-state index contributed by atoms with van der Waals surface area (Å²) >= 11 is 0. The lowest BCUT2D eigenvalue weighted by Gasteiger charge is -2.22. The fourth-order valence-electron chi connectivity index (χ4n) is 2.90. The summed E-state index contributed by atoms with van der Waals surface area (Å²) in [6, 6.07) is 6.51. The van der Waals surface area contributed by atoms with Crippen molar-refractivity contribution in [1.29, 1.82) is 0 Å². The molecule has 26 heavy (non-hydrogen) atoms. The minimum atomic E-state index is -0.396. The van der Waals surface area contributed by atoms with Gasteiger partial charge < -0.3 is 15.4 Å². The largest absolute Gasteiger partial charge is 0.378 e. The average Bonchev–Trinajstić information content (AvgIpc) is 2.65. The van der Waals surface area contributed by atoms with E-state index in [0.29, 0.717) is 12.6 Å². The molecule has 0 heterocycles. The molecule has 0 aliphatic heterocycles. The Balaban J connectivity index is 0.00000338. The lowest BCUT2D eigenvalue weighted by atomic mass is 9.98. The molecule has 0 unspecified atom stereocenters. The third-order valence-corrected chi connectivity index (χ3v) is 4.35. The van der Waals surface area contributed by atoms with E-state index in [9.17, 15) is 10.1 Å². The van der Waals surface area contributed by atoms with Crippen molar-refractivity contribution < 1.29 is 9.66 Å². The number of hydrogen-bond donors (Lipinski definition) is 2. The first-order valence-electron chi connectivity index (χ1n) is 8.98. The van der Waals surface area contributed by atoms with E-state index < -0.39 is 4.92 Å². The molecule has 0 saturated heterocycles. The summed E-state index contributed by atoms with van der Waals surface area (Å²) in [4.78, 5) is 14.4. The Hall–Kier alpha value is -1.42. The van der Waals surface area contributed by atoms with Gasteiger partial charge in [0.15, 0.2) is 5.96 Å². The zero-order valence-corrected chi connectivity index (χ0v) is 17.6. The molecular weight excluding hydrogens is 447 g/mol. The second-order valence-electron chi connectivity index (χ2n) is 6.26. The second kappa shape index (κ2) is 12.9. The molecule has 2 rings (SSSR count). The predicted octanol–water partition coefficient (Wildman–Crippen LogP) is 3.62. The molecule has 8 heteroatoms. The van der Waals surface area contributed by atoms with Gasteiger partial charge in [0.05, 0.1) is 11.0 Å². The van der Waals surface area contributed by atoms with Crippen LogP contribution in [-0.4, -0.2) is 37.2 Å². The molecular formula is C18H29IN4O3. The molecule has 2 N–H and O–H groups in total. The number of benzene rings is 1. The van der Waals surface area contributed by atoms with Crippen molar-refractivity contribution in [1.82, 2.24) is 10.6 Å². The molecule has 1 aromatic carbocycles. The van der Waals surface area contributed by atoms with Gasteiger partial charge in [-0.05, 0) is 24.8 Å². The van der Waals surface area contributed by atoms with Crippen LogP contribution >= 0.6 is 24.0 Å². The van der Waals surface area contributed by atoms with Crippen LogP contribution in [0, 0.1) is 10.1 Å². The normalized spacial score (nSPS) is 15.2. The Morgan fingerprint density at radius 3 is 2.54 bits per heavy atom. The number of aliphatic imine (C=N–C) groups is 1. The van der Waals surface area contributed by atoms with Crippen LogP contribution in [0.15, 0.2) is 29.3 Å². The van der Waals surface area contributed by atoms with Gasteiger partial charge in [-0.3, -0.25) is 15.1 Å². The molecule has 1 saturated carbocycles. The maximum atomic E-state index is 10.6. The molecule has 0 radical (unpaired) electrons. The fourth-order valence-corrected chi connectivity index (χ4v) is 2.90. The number of nitro benzene ring substituents is 1. The highest BCUT2D eigenvalue weighted by atomic mass is 127. The molecule has 0 atom stereocenters. The van der Waals surface area contributed by atoms with Gasteiger partial charge in [0.2, 0.25) is 0 Å². The van der Waals surface area contributed by atoms with E-state index in [1.807, 2.05) is 0 Å². The van der Waals surface area contributed by atoms with Crippen molar-refractivity contribution in [3.63, 3.8) is 0 Å². The monoisotopic (exact) mass is 476 g/mol. The van der Waals surface area contributed by atoms with Gasteiger partial charge in [0.25, 0.3) is 5.69 Å². The summed E-state index contributed by atoms with van der Waals surface area (Å²) in [7, 11) is 1.73. The number of rotatable bonds is 8. The lowest BCUT2D eigenvalue weighted by Crippen LogP contribution is -2.37.